The van der Waals surface area contributed by atoms with Gasteiger partial charge in [-0.05, 0) is 29.5 Å². The van der Waals surface area contributed by atoms with Crippen molar-refractivity contribution >= 4 is 0 Å². The van der Waals surface area contributed by atoms with Crippen LogP contribution in [0.4, 0.5) is 8.78 Å². The molecule has 0 aliphatic heterocycles. The van der Waals surface area contributed by atoms with Gasteiger partial charge in [0, 0.05) is 11.5 Å². The number of azide groups is 1. The highest BCUT2D eigenvalue weighted by Crippen LogP contribution is 2.30. The standard InChI is InChI=1S/C11H13F2N3O/c1-2-8(7-15-16-14)9-5-3-4-6-10(9)17-11(12)13/h3-6,8,11H,2,7H2,1H3. The average Bonchev–Trinajstić information content (AvgIpc) is 2.31. The predicted molar refractivity (Wildman–Crippen MR) is 60.1 cm³/mol. The zero-order valence-corrected chi connectivity index (χ0v) is 9.38. The summed E-state index contributed by atoms with van der Waals surface area (Å²) < 4.78 is 28.9. The van der Waals surface area contributed by atoms with Gasteiger partial charge in [-0.15, -0.1) is 0 Å². The SMILES string of the molecule is CCC(CN=[N+]=[N-])c1ccccc1OC(F)F. The Morgan fingerprint density at radius 2 is 2.12 bits per heavy atom. The van der Waals surface area contributed by atoms with Crippen LogP contribution in [0, 0.1) is 0 Å². The number of rotatable bonds is 6. The number of alkyl halides is 2. The van der Waals surface area contributed by atoms with Crippen molar-refractivity contribution in [3.8, 4) is 5.75 Å². The maximum Gasteiger partial charge on any atom is 0.387 e. The van der Waals surface area contributed by atoms with Crippen molar-refractivity contribution in [2.24, 2.45) is 5.11 Å². The normalized spacial score (nSPS) is 12.0. The minimum atomic E-state index is -2.85. The van der Waals surface area contributed by atoms with Crippen LogP contribution in [-0.2, 0) is 0 Å². The molecule has 6 heteroatoms. The van der Waals surface area contributed by atoms with E-state index in [0.29, 0.717) is 12.0 Å². The molecule has 1 aromatic carbocycles. The first-order chi connectivity index (χ1) is 8.19. The van der Waals surface area contributed by atoms with Crippen molar-refractivity contribution in [3.63, 3.8) is 0 Å². The van der Waals surface area contributed by atoms with Gasteiger partial charge in [-0.3, -0.25) is 0 Å². The Morgan fingerprint density at radius 1 is 1.41 bits per heavy atom. The van der Waals surface area contributed by atoms with Crippen molar-refractivity contribution in [3.05, 3.63) is 40.3 Å². The summed E-state index contributed by atoms with van der Waals surface area (Å²) in [5.74, 6) is 0.0309. The molecule has 92 valence electrons. The zero-order chi connectivity index (χ0) is 12.7. The molecule has 0 aromatic heterocycles. The number of hydrogen-bond donors (Lipinski definition) is 0. The molecule has 4 nitrogen and oxygen atoms in total. The molecule has 1 atom stereocenters. The minimum absolute atomic E-state index is 0.110. The highest BCUT2D eigenvalue weighted by molar-refractivity contribution is 5.36. The van der Waals surface area contributed by atoms with Crippen LogP contribution in [0.15, 0.2) is 29.4 Å². The third-order valence-electron chi connectivity index (χ3n) is 2.43. The van der Waals surface area contributed by atoms with Gasteiger partial charge in [0.25, 0.3) is 0 Å². The Balaban J connectivity index is 2.96. The molecule has 0 amide bonds. The molecule has 0 heterocycles. The van der Waals surface area contributed by atoms with E-state index in [1.807, 2.05) is 6.92 Å². The van der Waals surface area contributed by atoms with Crippen molar-refractivity contribution in [2.75, 3.05) is 6.54 Å². The Labute approximate surface area is 97.8 Å². The topological polar surface area (TPSA) is 58.0 Å². The first kappa shape index (κ1) is 13.3. The molecule has 0 fully saturated rings. The predicted octanol–water partition coefficient (Wildman–Crippen LogP) is 4.09. The molecule has 17 heavy (non-hydrogen) atoms. The molecule has 0 spiro atoms. The molecule has 0 saturated carbocycles. The van der Waals surface area contributed by atoms with Crippen molar-refractivity contribution in [1.82, 2.24) is 0 Å². The maximum atomic E-state index is 12.2. The number of hydrogen-bond acceptors (Lipinski definition) is 2. The van der Waals surface area contributed by atoms with Crippen molar-refractivity contribution in [2.45, 2.75) is 25.9 Å². The Kier molecular flexibility index (Phi) is 5.23. The molecule has 0 aliphatic rings. The summed E-state index contributed by atoms with van der Waals surface area (Å²) in [5, 5.41) is 3.48. The first-order valence-corrected chi connectivity index (χ1v) is 5.23. The van der Waals surface area contributed by atoms with E-state index in [-0.39, 0.29) is 18.2 Å². The molecule has 1 aromatic rings. The number of para-hydroxylation sites is 1. The molecular formula is C11H13F2N3O. The molecule has 1 rings (SSSR count). The summed E-state index contributed by atoms with van der Waals surface area (Å²) in [5.41, 5.74) is 8.92. The van der Waals surface area contributed by atoms with E-state index in [1.165, 1.54) is 6.07 Å². The summed E-state index contributed by atoms with van der Waals surface area (Å²) in [6, 6.07) is 6.56. The van der Waals surface area contributed by atoms with Crippen LogP contribution >= 0.6 is 0 Å². The van der Waals surface area contributed by atoms with Crippen LogP contribution in [0.3, 0.4) is 0 Å². The molecule has 1 unspecified atom stereocenters. The van der Waals surface area contributed by atoms with Gasteiger partial charge in [-0.25, -0.2) is 0 Å². The largest absolute Gasteiger partial charge is 0.435 e. The van der Waals surface area contributed by atoms with Crippen LogP contribution in [0.1, 0.15) is 24.8 Å². The number of benzene rings is 1. The Bertz CT molecular complexity index is 405. The van der Waals surface area contributed by atoms with Gasteiger partial charge in [0.2, 0.25) is 0 Å². The van der Waals surface area contributed by atoms with Crippen LogP contribution in [0.5, 0.6) is 5.75 Å². The van der Waals surface area contributed by atoms with Gasteiger partial charge in [0.15, 0.2) is 0 Å². The van der Waals surface area contributed by atoms with Gasteiger partial charge in [0.1, 0.15) is 5.75 Å². The quantitative estimate of drug-likeness (QED) is 0.420. The summed E-state index contributed by atoms with van der Waals surface area (Å²) in [7, 11) is 0. The van der Waals surface area contributed by atoms with E-state index >= 15 is 0 Å². The number of ether oxygens (including phenoxy) is 1. The Hall–Kier alpha value is -1.81. The lowest BCUT2D eigenvalue weighted by Crippen LogP contribution is -2.08. The summed E-state index contributed by atoms with van der Waals surface area (Å²) >= 11 is 0. The summed E-state index contributed by atoms with van der Waals surface area (Å²) in [6.45, 7) is -0.721. The highest BCUT2D eigenvalue weighted by Gasteiger charge is 2.15. The lowest BCUT2D eigenvalue weighted by molar-refractivity contribution is -0.0506. The van der Waals surface area contributed by atoms with E-state index in [1.54, 1.807) is 18.2 Å². The summed E-state index contributed by atoms with van der Waals surface area (Å²) in [4.78, 5) is 2.68. The lowest BCUT2D eigenvalue weighted by Gasteiger charge is -2.17. The van der Waals surface area contributed by atoms with Gasteiger partial charge >= 0.3 is 6.61 Å². The van der Waals surface area contributed by atoms with E-state index in [9.17, 15) is 8.78 Å². The molecule has 0 saturated heterocycles. The lowest BCUT2D eigenvalue weighted by atomic mass is 9.96. The minimum Gasteiger partial charge on any atom is -0.435 e. The second kappa shape index (κ2) is 6.70. The van der Waals surface area contributed by atoms with Gasteiger partial charge in [0.05, 0.1) is 0 Å². The van der Waals surface area contributed by atoms with Gasteiger partial charge < -0.3 is 4.74 Å². The van der Waals surface area contributed by atoms with E-state index in [0.717, 1.165) is 0 Å². The zero-order valence-electron chi connectivity index (χ0n) is 9.38. The maximum absolute atomic E-state index is 12.2. The van der Waals surface area contributed by atoms with Crippen LogP contribution in [0.25, 0.3) is 10.4 Å². The molecule has 0 bridgehead atoms. The second-order valence-corrected chi connectivity index (χ2v) is 3.43. The highest BCUT2D eigenvalue weighted by atomic mass is 19.3. The van der Waals surface area contributed by atoms with Crippen LogP contribution in [-0.4, -0.2) is 13.2 Å². The van der Waals surface area contributed by atoms with Crippen LogP contribution in [0.2, 0.25) is 0 Å². The van der Waals surface area contributed by atoms with Gasteiger partial charge in [-0.1, -0.05) is 30.2 Å². The second-order valence-electron chi connectivity index (χ2n) is 3.43. The van der Waals surface area contributed by atoms with Crippen LogP contribution < -0.4 is 4.74 Å². The van der Waals surface area contributed by atoms with E-state index in [4.69, 9.17) is 5.53 Å². The van der Waals surface area contributed by atoms with Crippen molar-refractivity contribution in [1.29, 1.82) is 0 Å². The van der Waals surface area contributed by atoms with Gasteiger partial charge in [-0.2, -0.15) is 8.78 Å². The third-order valence-corrected chi connectivity index (χ3v) is 2.43. The third kappa shape index (κ3) is 3.92. The average molecular weight is 241 g/mol. The fraction of sp³-hybridized carbons (Fsp3) is 0.455. The summed E-state index contributed by atoms with van der Waals surface area (Å²) in [6.07, 6.45) is 0.683. The monoisotopic (exact) mass is 241 g/mol. The fourth-order valence-corrected chi connectivity index (χ4v) is 1.60. The van der Waals surface area contributed by atoms with E-state index in [2.05, 4.69) is 14.8 Å². The molecule has 0 N–H and O–H groups in total. The first-order valence-electron chi connectivity index (χ1n) is 5.23. The molecule has 0 radical (unpaired) electrons. The fourth-order valence-electron chi connectivity index (χ4n) is 1.60. The number of nitrogens with zero attached hydrogens (tertiary/aromatic N) is 3. The smallest absolute Gasteiger partial charge is 0.387 e. The Morgan fingerprint density at radius 3 is 2.71 bits per heavy atom. The molecule has 0 aliphatic carbocycles. The molecular weight excluding hydrogens is 228 g/mol. The van der Waals surface area contributed by atoms with Crippen molar-refractivity contribution < 1.29 is 13.5 Å². The van der Waals surface area contributed by atoms with E-state index < -0.39 is 6.61 Å². The number of halogens is 2.